The maximum absolute atomic E-state index is 12.2. The number of sulfonamides is 1. The van der Waals surface area contributed by atoms with Gasteiger partial charge < -0.3 is 5.32 Å². The van der Waals surface area contributed by atoms with E-state index in [1.165, 1.54) is 36.0 Å². The van der Waals surface area contributed by atoms with Gasteiger partial charge in [-0.1, -0.05) is 11.8 Å². The fourth-order valence-corrected chi connectivity index (χ4v) is 3.48. The third-order valence-corrected chi connectivity index (χ3v) is 5.34. The Balaban J connectivity index is 2.01. The van der Waals surface area contributed by atoms with Gasteiger partial charge in [0, 0.05) is 25.0 Å². The number of hydrogen-bond donors (Lipinski definition) is 2. The SMILES string of the molecule is CC(=O)NS(=O)(=O)c1ccc(NC(=O)C(C)Sc2ncccn2)cc1. The molecule has 0 saturated heterocycles. The number of rotatable bonds is 6. The lowest BCUT2D eigenvalue weighted by Crippen LogP contribution is -2.28. The van der Waals surface area contributed by atoms with Crippen LogP contribution in [0.5, 0.6) is 0 Å². The molecule has 2 aromatic rings. The Morgan fingerprint density at radius 2 is 1.72 bits per heavy atom. The molecule has 0 aliphatic heterocycles. The third-order valence-electron chi connectivity index (χ3n) is 2.90. The molecule has 0 aliphatic rings. The highest BCUT2D eigenvalue weighted by atomic mass is 32.2. The summed E-state index contributed by atoms with van der Waals surface area (Å²) < 4.78 is 25.6. The number of thioether (sulfide) groups is 1. The van der Waals surface area contributed by atoms with Crippen LogP contribution in [-0.2, 0) is 19.6 Å². The van der Waals surface area contributed by atoms with Crippen LogP contribution in [0.25, 0.3) is 0 Å². The molecule has 2 amide bonds. The van der Waals surface area contributed by atoms with E-state index in [0.717, 1.165) is 6.92 Å². The molecule has 1 aromatic heterocycles. The summed E-state index contributed by atoms with van der Waals surface area (Å²) in [6.07, 6.45) is 3.18. The summed E-state index contributed by atoms with van der Waals surface area (Å²) in [6.45, 7) is 2.83. The maximum atomic E-state index is 12.2. The average Bonchev–Trinajstić information content (AvgIpc) is 2.55. The lowest BCUT2D eigenvalue weighted by Gasteiger charge is -2.11. The molecule has 0 saturated carbocycles. The van der Waals surface area contributed by atoms with Crippen molar-refractivity contribution in [3.63, 3.8) is 0 Å². The van der Waals surface area contributed by atoms with E-state index >= 15 is 0 Å². The molecule has 2 rings (SSSR count). The van der Waals surface area contributed by atoms with E-state index in [2.05, 4.69) is 15.3 Å². The minimum absolute atomic E-state index is 0.0687. The molecule has 1 heterocycles. The molecule has 1 atom stereocenters. The second kappa shape index (κ2) is 8.08. The predicted molar refractivity (Wildman–Crippen MR) is 93.4 cm³/mol. The van der Waals surface area contributed by atoms with E-state index in [4.69, 9.17) is 0 Å². The van der Waals surface area contributed by atoms with Crippen molar-refractivity contribution in [1.82, 2.24) is 14.7 Å². The van der Waals surface area contributed by atoms with Crippen LogP contribution in [0.1, 0.15) is 13.8 Å². The standard InChI is InChI=1S/C15H16N4O4S2/c1-10(24-15-16-8-3-9-17-15)14(21)18-12-4-6-13(7-5-12)25(22,23)19-11(2)20/h3-10H,1-2H3,(H,18,21)(H,19,20). The van der Waals surface area contributed by atoms with Crippen LogP contribution in [-0.4, -0.2) is 35.5 Å². The summed E-state index contributed by atoms with van der Waals surface area (Å²) in [5.41, 5.74) is 0.438. The van der Waals surface area contributed by atoms with Crippen molar-refractivity contribution >= 4 is 39.3 Å². The van der Waals surface area contributed by atoms with E-state index in [1.807, 2.05) is 4.72 Å². The second-order valence-corrected chi connectivity index (χ2v) is 7.96. The molecule has 132 valence electrons. The highest BCUT2D eigenvalue weighted by Crippen LogP contribution is 2.20. The number of aromatic nitrogens is 2. The topological polar surface area (TPSA) is 118 Å². The monoisotopic (exact) mass is 380 g/mol. The highest BCUT2D eigenvalue weighted by Gasteiger charge is 2.18. The molecule has 25 heavy (non-hydrogen) atoms. The van der Waals surface area contributed by atoms with Crippen molar-refractivity contribution in [2.45, 2.75) is 29.1 Å². The Hall–Kier alpha value is -2.46. The van der Waals surface area contributed by atoms with Gasteiger partial charge in [0.05, 0.1) is 10.1 Å². The van der Waals surface area contributed by atoms with Crippen molar-refractivity contribution in [2.24, 2.45) is 0 Å². The lowest BCUT2D eigenvalue weighted by atomic mass is 10.3. The quantitative estimate of drug-likeness (QED) is 0.575. The van der Waals surface area contributed by atoms with Crippen LogP contribution in [0.15, 0.2) is 52.8 Å². The molecule has 8 nitrogen and oxygen atoms in total. The molecular formula is C15H16N4O4S2. The van der Waals surface area contributed by atoms with Gasteiger partial charge >= 0.3 is 0 Å². The molecule has 0 fully saturated rings. The van der Waals surface area contributed by atoms with Crippen molar-refractivity contribution in [3.8, 4) is 0 Å². The molecular weight excluding hydrogens is 364 g/mol. The van der Waals surface area contributed by atoms with Gasteiger partial charge in [0.15, 0.2) is 5.16 Å². The molecule has 10 heteroatoms. The van der Waals surface area contributed by atoms with Gasteiger partial charge in [0.2, 0.25) is 11.8 Å². The number of nitrogens with one attached hydrogen (secondary N) is 2. The number of amides is 2. The summed E-state index contributed by atoms with van der Waals surface area (Å²) in [4.78, 5) is 31.1. The van der Waals surface area contributed by atoms with Crippen LogP contribution in [0.3, 0.4) is 0 Å². The Morgan fingerprint density at radius 3 is 2.28 bits per heavy atom. The first-order chi connectivity index (χ1) is 11.8. The number of benzene rings is 1. The first kappa shape index (κ1) is 18.9. The normalized spacial score (nSPS) is 12.2. The minimum Gasteiger partial charge on any atom is -0.325 e. The van der Waals surface area contributed by atoms with Crippen molar-refractivity contribution in [1.29, 1.82) is 0 Å². The van der Waals surface area contributed by atoms with E-state index in [9.17, 15) is 18.0 Å². The van der Waals surface area contributed by atoms with Crippen LogP contribution in [0.4, 0.5) is 5.69 Å². The van der Waals surface area contributed by atoms with Crippen LogP contribution in [0.2, 0.25) is 0 Å². The summed E-state index contributed by atoms with van der Waals surface area (Å²) in [5.74, 6) is -0.943. The zero-order valence-corrected chi connectivity index (χ0v) is 15.1. The predicted octanol–water partition coefficient (Wildman–Crippen LogP) is 1.42. The fraction of sp³-hybridized carbons (Fsp3) is 0.200. The van der Waals surface area contributed by atoms with Gasteiger partial charge in [-0.25, -0.2) is 23.1 Å². The fourth-order valence-electron chi connectivity index (χ4n) is 1.77. The van der Waals surface area contributed by atoms with Gasteiger partial charge in [-0.2, -0.15) is 0 Å². The van der Waals surface area contributed by atoms with Crippen LogP contribution < -0.4 is 10.0 Å². The second-order valence-electron chi connectivity index (χ2n) is 4.97. The Kier molecular flexibility index (Phi) is 6.10. The number of anilines is 1. The Labute approximate surface area is 149 Å². The van der Waals surface area contributed by atoms with Gasteiger partial charge in [-0.3, -0.25) is 9.59 Å². The zero-order valence-electron chi connectivity index (χ0n) is 13.5. The largest absolute Gasteiger partial charge is 0.325 e. The summed E-state index contributed by atoms with van der Waals surface area (Å²) in [6, 6.07) is 7.19. The highest BCUT2D eigenvalue weighted by molar-refractivity contribution is 8.00. The van der Waals surface area contributed by atoms with Crippen molar-refractivity contribution in [3.05, 3.63) is 42.7 Å². The molecule has 0 bridgehead atoms. The van der Waals surface area contributed by atoms with Crippen LogP contribution >= 0.6 is 11.8 Å². The molecule has 0 spiro atoms. The van der Waals surface area contributed by atoms with E-state index in [0.29, 0.717) is 10.8 Å². The average molecular weight is 380 g/mol. The minimum atomic E-state index is -3.89. The number of carbonyl (C=O) groups excluding carboxylic acids is 2. The molecule has 0 aliphatic carbocycles. The van der Waals surface area contributed by atoms with E-state index in [1.54, 1.807) is 25.4 Å². The molecule has 1 aromatic carbocycles. The van der Waals surface area contributed by atoms with E-state index < -0.39 is 21.2 Å². The van der Waals surface area contributed by atoms with Crippen molar-refractivity contribution in [2.75, 3.05) is 5.32 Å². The molecule has 0 radical (unpaired) electrons. The summed E-state index contributed by atoms with van der Waals surface area (Å²) in [5, 5.41) is 2.73. The van der Waals surface area contributed by atoms with Gasteiger partial charge in [0.25, 0.3) is 10.0 Å². The third kappa shape index (κ3) is 5.54. The lowest BCUT2D eigenvalue weighted by molar-refractivity contribution is -0.117. The van der Waals surface area contributed by atoms with E-state index in [-0.39, 0.29) is 10.8 Å². The van der Waals surface area contributed by atoms with Crippen molar-refractivity contribution < 1.29 is 18.0 Å². The number of carbonyl (C=O) groups is 2. The number of nitrogens with zero attached hydrogens (tertiary/aromatic N) is 2. The Bertz CT molecular complexity index is 855. The van der Waals surface area contributed by atoms with Gasteiger partial charge in [0.1, 0.15) is 0 Å². The molecule has 2 N–H and O–H groups in total. The van der Waals surface area contributed by atoms with Crippen LogP contribution in [0, 0.1) is 0 Å². The first-order valence-corrected chi connectivity index (χ1v) is 9.52. The smallest absolute Gasteiger partial charge is 0.264 e. The molecule has 1 unspecified atom stereocenters. The summed E-state index contributed by atoms with van der Waals surface area (Å²) in [7, 11) is -3.89. The maximum Gasteiger partial charge on any atom is 0.264 e. The first-order valence-electron chi connectivity index (χ1n) is 7.16. The Morgan fingerprint density at radius 1 is 1.12 bits per heavy atom. The summed E-state index contributed by atoms with van der Waals surface area (Å²) >= 11 is 1.21. The number of hydrogen-bond acceptors (Lipinski definition) is 7. The van der Waals surface area contributed by atoms with Gasteiger partial charge in [-0.05, 0) is 37.3 Å². The van der Waals surface area contributed by atoms with Gasteiger partial charge in [-0.15, -0.1) is 0 Å². The zero-order chi connectivity index (χ0) is 18.4.